The quantitative estimate of drug-likeness (QED) is 0.780. The van der Waals surface area contributed by atoms with Crippen LogP contribution in [0.3, 0.4) is 0 Å². The van der Waals surface area contributed by atoms with E-state index in [0.717, 1.165) is 4.90 Å². The number of aliphatic carboxylic acids is 1. The van der Waals surface area contributed by atoms with Gasteiger partial charge in [-0.3, -0.25) is 14.5 Å². The Morgan fingerprint density at radius 3 is 2.80 bits per heavy atom. The number of amides is 3. The van der Waals surface area contributed by atoms with Gasteiger partial charge in [0.15, 0.2) is 0 Å². The molecule has 1 heterocycles. The molecule has 0 spiro atoms. The van der Waals surface area contributed by atoms with E-state index in [4.69, 9.17) is 5.11 Å². The van der Waals surface area contributed by atoms with Crippen molar-refractivity contribution in [2.45, 2.75) is 18.9 Å². The van der Waals surface area contributed by atoms with Crippen molar-refractivity contribution in [2.75, 3.05) is 6.54 Å². The lowest BCUT2D eigenvalue weighted by Gasteiger charge is -2.12. The molecule has 7 heteroatoms. The second kappa shape index (κ2) is 5.68. The molecular weight excluding hydrogens is 267 g/mol. The summed E-state index contributed by atoms with van der Waals surface area (Å²) in [6.45, 7) is 0.0875. The number of nitrogens with one attached hydrogen (secondary N) is 1. The fourth-order valence-corrected chi connectivity index (χ4v) is 2.03. The fourth-order valence-electron chi connectivity index (χ4n) is 2.03. The Balaban J connectivity index is 1.97. The van der Waals surface area contributed by atoms with Gasteiger partial charge in [0, 0.05) is 6.54 Å². The predicted octanol–water partition coefficient (Wildman–Crippen LogP) is 0.763. The van der Waals surface area contributed by atoms with Crippen molar-refractivity contribution in [1.82, 2.24) is 10.2 Å². The van der Waals surface area contributed by atoms with Crippen LogP contribution in [0.5, 0.6) is 0 Å². The third-order valence-corrected chi connectivity index (χ3v) is 3.00. The molecule has 20 heavy (non-hydrogen) atoms. The minimum absolute atomic E-state index is 0.0875. The molecule has 1 aromatic rings. The van der Waals surface area contributed by atoms with Gasteiger partial charge in [-0.15, -0.1) is 0 Å². The molecule has 0 radical (unpaired) electrons. The smallest absolute Gasteiger partial charge is 0.324 e. The summed E-state index contributed by atoms with van der Waals surface area (Å²) in [5, 5.41) is 11.0. The van der Waals surface area contributed by atoms with Gasteiger partial charge in [-0.2, -0.15) is 0 Å². The lowest BCUT2D eigenvalue weighted by Crippen LogP contribution is -2.34. The topological polar surface area (TPSA) is 86.7 Å². The molecule has 2 N–H and O–H groups in total. The molecule has 6 nitrogen and oxygen atoms in total. The second-order valence-corrected chi connectivity index (χ2v) is 4.47. The maximum atomic E-state index is 13.0. The summed E-state index contributed by atoms with van der Waals surface area (Å²) in [5.41, 5.74) is 0.660. The highest BCUT2D eigenvalue weighted by molar-refractivity contribution is 6.05. The van der Waals surface area contributed by atoms with Crippen molar-refractivity contribution in [3.05, 3.63) is 35.6 Å². The van der Waals surface area contributed by atoms with Gasteiger partial charge in [-0.1, -0.05) is 12.1 Å². The lowest BCUT2D eigenvalue weighted by molar-refractivity contribution is -0.140. The van der Waals surface area contributed by atoms with Crippen LogP contribution in [0, 0.1) is 5.82 Å². The van der Waals surface area contributed by atoms with E-state index in [-0.39, 0.29) is 12.4 Å². The molecule has 1 saturated heterocycles. The van der Waals surface area contributed by atoms with Crippen molar-refractivity contribution < 1.29 is 23.9 Å². The van der Waals surface area contributed by atoms with E-state index in [2.05, 4.69) is 5.32 Å². The van der Waals surface area contributed by atoms with Gasteiger partial charge in [0.25, 0.3) is 5.91 Å². The van der Waals surface area contributed by atoms with E-state index in [9.17, 15) is 18.8 Å². The Morgan fingerprint density at radius 2 is 2.15 bits per heavy atom. The maximum absolute atomic E-state index is 13.0. The van der Waals surface area contributed by atoms with E-state index < -0.39 is 30.4 Å². The van der Waals surface area contributed by atoms with Crippen molar-refractivity contribution in [2.24, 2.45) is 0 Å². The molecule has 0 bridgehead atoms. The number of hydrogen-bond acceptors (Lipinski definition) is 3. The van der Waals surface area contributed by atoms with Crippen LogP contribution < -0.4 is 5.32 Å². The number of urea groups is 1. The predicted molar refractivity (Wildman–Crippen MR) is 66.4 cm³/mol. The van der Waals surface area contributed by atoms with Gasteiger partial charge >= 0.3 is 12.0 Å². The fraction of sp³-hybridized carbons (Fsp3) is 0.308. The molecule has 0 aliphatic carbocycles. The summed E-state index contributed by atoms with van der Waals surface area (Å²) in [6, 6.07) is 4.23. The van der Waals surface area contributed by atoms with E-state index in [0.29, 0.717) is 12.0 Å². The molecule has 1 fully saturated rings. The second-order valence-electron chi connectivity index (χ2n) is 4.47. The van der Waals surface area contributed by atoms with Crippen molar-refractivity contribution >= 4 is 17.9 Å². The highest BCUT2D eigenvalue weighted by Gasteiger charge is 2.38. The molecule has 1 aromatic carbocycles. The summed E-state index contributed by atoms with van der Waals surface area (Å²) in [4.78, 5) is 35.0. The number of carbonyl (C=O) groups excluding carboxylic acids is 2. The molecule has 0 aromatic heterocycles. The van der Waals surface area contributed by atoms with Gasteiger partial charge < -0.3 is 10.4 Å². The number of nitrogens with zero attached hydrogens (tertiary/aromatic N) is 1. The average Bonchev–Trinajstić information content (AvgIpc) is 2.62. The number of halogens is 1. The van der Waals surface area contributed by atoms with Crippen LogP contribution in [-0.4, -0.2) is 40.5 Å². The summed E-state index contributed by atoms with van der Waals surface area (Å²) >= 11 is 0. The highest BCUT2D eigenvalue weighted by atomic mass is 19.1. The Morgan fingerprint density at radius 1 is 1.40 bits per heavy atom. The minimum atomic E-state index is -1.16. The van der Waals surface area contributed by atoms with Crippen LogP contribution in [-0.2, 0) is 16.0 Å². The normalized spacial score (nSPS) is 18.2. The van der Waals surface area contributed by atoms with E-state index >= 15 is 0 Å². The Labute approximate surface area is 114 Å². The molecule has 1 unspecified atom stereocenters. The first-order valence-electron chi connectivity index (χ1n) is 6.05. The lowest BCUT2D eigenvalue weighted by atomic mass is 10.1. The third-order valence-electron chi connectivity index (χ3n) is 3.00. The van der Waals surface area contributed by atoms with Gasteiger partial charge in [-0.05, 0) is 24.1 Å². The first kappa shape index (κ1) is 14.0. The summed E-state index contributed by atoms with van der Waals surface area (Å²) < 4.78 is 13.0. The Hall–Kier alpha value is -2.44. The molecule has 2 rings (SSSR count). The summed E-state index contributed by atoms with van der Waals surface area (Å²) in [7, 11) is 0. The number of carboxylic acids is 1. The number of carbonyl (C=O) groups is 3. The van der Waals surface area contributed by atoms with Gasteiger partial charge in [0.05, 0.1) is 6.42 Å². The average molecular weight is 280 g/mol. The summed E-state index contributed by atoms with van der Waals surface area (Å²) in [5.74, 6) is -2.10. The van der Waals surface area contributed by atoms with Crippen molar-refractivity contribution in [3.8, 4) is 0 Å². The highest BCUT2D eigenvalue weighted by Crippen LogP contribution is 2.12. The number of carboxylic acid groups (broad SMARTS) is 1. The number of hydrogen-bond donors (Lipinski definition) is 2. The number of rotatable bonds is 5. The van der Waals surface area contributed by atoms with Gasteiger partial charge in [0.2, 0.25) is 0 Å². The number of benzene rings is 1. The van der Waals surface area contributed by atoms with Crippen molar-refractivity contribution in [3.63, 3.8) is 0 Å². The molecular formula is C13H13FN2O4. The maximum Gasteiger partial charge on any atom is 0.324 e. The molecule has 0 saturated carbocycles. The van der Waals surface area contributed by atoms with Crippen LogP contribution >= 0.6 is 0 Å². The molecule has 1 aliphatic heterocycles. The van der Waals surface area contributed by atoms with Crippen molar-refractivity contribution in [1.29, 1.82) is 0 Å². The van der Waals surface area contributed by atoms with Crippen LogP contribution in [0.15, 0.2) is 24.3 Å². The molecule has 106 valence electrons. The minimum Gasteiger partial charge on any atom is -0.481 e. The standard InChI is InChI=1S/C13H13FN2O4/c14-9-3-1-2-8(6-9)4-5-16-12(19)10(7-11(17)18)15-13(16)20/h1-3,6,10H,4-5,7H2,(H,15,20)(H,17,18). The zero-order valence-electron chi connectivity index (χ0n) is 10.5. The third kappa shape index (κ3) is 3.11. The van der Waals surface area contributed by atoms with Crippen LogP contribution in [0.2, 0.25) is 0 Å². The van der Waals surface area contributed by atoms with E-state index in [1.165, 1.54) is 12.1 Å². The van der Waals surface area contributed by atoms with Crippen LogP contribution in [0.25, 0.3) is 0 Å². The SMILES string of the molecule is O=C(O)CC1NC(=O)N(CCc2cccc(F)c2)C1=O. The Bertz CT molecular complexity index is 561. The first-order valence-corrected chi connectivity index (χ1v) is 6.05. The zero-order chi connectivity index (χ0) is 14.7. The van der Waals surface area contributed by atoms with Crippen LogP contribution in [0.1, 0.15) is 12.0 Å². The van der Waals surface area contributed by atoms with Gasteiger partial charge in [0.1, 0.15) is 11.9 Å². The van der Waals surface area contributed by atoms with Crippen LogP contribution in [0.4, 0.5) is 9.18 Å². The molecule has 1 atom stereocenters. The first-order chi connectivity index (χ1) is 9.47. The number of imide groups is 1. The van der Waals surface area contributed by atoms with E-state index in [1.54, 1.807) is 12.1 Å². The van der Waals surface area contributed by atoms with E-state index in [1.807, 2.05) is 0 Å². The van der Waals surface area contributed by atoms with Gasteiger partial charge in [-0.25, -0.2) is 9.18 Å². The monoisotopic (exact) mass is 280 g/mol. The zero-order valence-corrected chi connectivity index (χ0v) is 10.5. The Kier molecular flexibility index (Phi) is 3.97. The largest absolute Gasteiger partial charge is 0.481 e. The summed E-state index contributed by atoms with van der Waals surface area (Å²) in [6.07, 6.45) is -0.127. The molecule has 1 aliphatic rings. The molecule has 3 amide bonds.